The molecule has 7 heteroatoms. The fourth-order valence-corrected chi connectivity index (χ4v) is 5.05. The molecule has 3 atom stereocenters. The van der Waals surface area contributed by atoms with Crippen molar-refractivity contribution in [3.63, 3.8) is 0 Å². The fraction of sp³-hybridized carbons (Fsp3) is 0.684. The van der Waals surface area contributed by atoms with Gasteiger partial charge in [-0.3, -0.25) is 14.5 Å². The van der Waals surface area contributed by atoms with E-state index in [4.69, 9.17) is 16.3 Å². The molecule has 0 aromatic carbocycles. The van der Waals surface area contributed by atoms with Crippen LogP contribution >= 0.6 is 22.9 Å². The Hall–Kier alpha value is -0.950. The number of halogens is 1. The zero-order chi connectivity index (χ0) is 18.7. The molecule has 1 amide bonds. The zero-order valence-corrected chi connectivity index (χ0v) is 17.0. The smallest absolute Gasteiger partial charge is 0.223 e. The molecule has 3 unspecified atom stereocenters. The predicted molar refractivity (Wildman–Crippen MR) is 104 cm³/mol. The summed E-state index contributed by atoms with van der Waals surface area (Å²) in [6.45, 7) is 7.74. The highest BCUT2D eigenvalue weighted by Gasteiger charge is 2.32. The van der Waals surface area contributed by atoms with Crippen molar-refractivity contribution in [1.82, 2.24) is 9.80 Å². The molecule has 0 bridgehead atoms. The Bertz CT molecular complexity index is 640. The van der Waals surface area contributed by atoms with Gasteiger partial charge in [-0.2, -0.15) is 0 Å². The summed E-state index contributed by atoms with van der Waals surface area (Å²) in [6.07, 6.45) is 3.09. The number of hydrogen-bond donors (Lipinski definition) is 0. The maximum Gasteiger partial charge on any atom is 0.223 e. The Labute approximate surface area is 164 Å². The lowest BCUT2D eigenvalue weighted by molar-refractivity contribution is -0.133. The molecule has 2 aliphatic heterocycles. The molecule has 3 heterocycles. The lowest BCUT2D eigenvalue weighted by Crippen LogP contribution is -2.50. The van der Waals surface area contributed by atoms with Gasteiger partial charge in [0.05, 0.1) is 21.4 Å². The molecule has 0 radical (unpaired) electrons. The summed E-state index contributed by atoms with van der Waals surface area (Å²) in [6, 6.07) is 3.72. The van der Waals surface area contributed by atoms with Gasteiger partial charge in [0.2, 0.25) is 5.91 Å². The number of carbonyl (C=O) groups excluding carboxylic acids is 2. The van der Waals surface area contributed by atoms with E-state index in [1.807, 2.05) is 4.90 Å². The molecule has 1 aromatic rings. The van der Waals surface area contributed by atoms with Crippen LogP contribution in [0, 0.1) is 0 Å². The van der Waals surface area contributed by atoms with E-state index in [1.165, 1.54) is 11.3 Å². The third kappa shape index (κ3) is 5.06. The Balaban J connectivity index is 1.50. The monoisotopic (exact) mass is 398 g/mol. The number of thiophene rings is 1. The Morgan fingerprint density at radius 1 is 1.23 bits per heavy atom. The van der Waals surface area contributed by atoms with Gasteiger partial charge in [0.25, 0.3) is 0 Å². The van der Waals surface area contributed by atoms with Gasteiger partial charge in [0.15, 0.2) is 5.78 Å². The summed E-state index contributed by atoms with van der Waals surface area (Å²) in [4.78, 5) is 29.9. The standard InChI is InChI=1S/C19H27ClN2O3S/c1-13-10-21(11-14(2)25-13)12-15-4-3-9-22(15)19(24)8-5-16(23)17-6-7-18(20)26-17/h6-7,13-15H,3-5,8-12H2,1-2H3. The Kier molecular flexibility index (Phi) is 6.72. The average Bonchev–Trinajstić information content (AvgIpc) is 3.20. The van der Waals surface area contributed by atoms with Crippen molar-refractivity contribution in [3.05, 3.63) is 21.3 Å². The van der Waals surface area contributed by atoms with Crippen molar-refractivity contribution in [2.75, 3.05) is 26.2 Å². The summed E-state index contributed by atoms with van der Waals surface area (Å²) in [5.41, 5.74) is 0. The van der Waals surface area contributed by atoms with E-state index >= 15 is 0 Å². The van der Waals surface area contributed by atoms with Crippen molar-refractivity contribution < 1.29 is 14.3 Å². The van der Waals surface area contributed by atoms with Crippen LogP contribution in [-0.2, 0) is 9.53 Å². The van der Waals surface area contributed by atoms with Crippen LogP contribution < -0.4 is 0 Å². The largest absolute Gasteiger partial charge is 0.373 e. The van der Waals surface area contributed by atoms with Gasteiger partial charge in [-0.25, -0.2) is 0 Å². The minimum atomic E-state index is 0.00169. The molecule has 144 valence electrons. The SMILES string of the molecule is CC1CN(CC2CCCN2C(=O)CCC(=O)c2ccc(Cl)s2)CC(C)O1. The molecule has 0 aliphatic carbocycles. The maximum absolute atomic E-state index is 12.7. The number of ketones is 1. The van der Waals surface area contributed by atoms with Gasteiger partial charge in [0.1, 0.15) is 0 Å². The van der Waals surface area contributed by atoms with Gasteiger partial charge in [0, 0.05) is 45.1 Å². The third-order valence-electron chi connectivity index (χ3n) is 5.08. The number of ether oxygens (including phenoxy) is 1. The summed E-state index contributed by atoms with van der Waals surface area (Å²) >= 11 is 7.16. The van der Waals surface area contributed by atoms with E-state index in [9.17, 15) is 9.59 Å². The quantitative estimate of drug-likeness (QED) is 0.688. The number of amides is 1. The normalized spacial score (nSPS) is 27.0. The van der Waals surface area contributed by atoms with Gasteiger partial charge < -0.3 is 9.64 Å². The van der Waals surface area contributed by atoms with Gasteiger partial charge in [-0.1, -0.05) is 11.6 Å². The molecule has 1 aromatic heterocycles. The van der Waals surface area contributed by atoms with Crippen LogP contribution in [0.15, 0.2) is 12.1 Å². The highest BCUT2D eigenvalue weighted by molar-refractivity contribution is 7.18. The minimum Gasteiger partial charge on any atom is -0.373 e. The van der Waals surface area contributed by atoms with Crippen molar-refractivity contribution in [2.24, 2.45) is 0 Å². The average molecular weight is 399 g/mol. The molecular weight excluding hydrogens is 372 g/mol. The molecule has 26 heavy (non-hydrogen) atoms. The Morgan fingerprint density at radius 3 is 2.62 bits per heavy atom. The van der Waals surface area contributed by atoms with Crippen LogP contribution in [0.5, 0.6) is 0 Å². The second-order valence-electron chi connectivity index (χ2n) is 7.39. The first-order valence-electron chi connectivity index (χ1n) is 9.38. The highest BCUT2D eigenvalue weighted by atomic mass is 35.5. The van der Waals surface area contributed by atoms with E-state index in [0.29, 0.717) is 9.21 Å². The van der Waals surface area contributed by atoms with E-state index < -0.39 is 0 Å². The highest BCUT2D eigenvalue weighted by Crippen LogP contribution is 2.24. The number of carbonyl (C=O) groups is 2. The summed E-state index contributed by atoms with van der Waals surface area (Å²) in [5, 5.41) is 0. The minimum absolute atomic E-state index is 0.00169. The fourth-order valence-electron chi connectivity index (χ4n) is 4.04. The lowest BCUT2D eigenvalue weighted by atomic mass is 10.1. The van der Waals surface area contributed by atoms with E-state index in [1.54, 1.807) is 12.1 Å². The zero-order valence-electron chi connectivity index (χ0n) is 15.4. The van der Waals surface area contributed by atoms with Crippen molar-refractivity contribution >= 4 is 34.6 Å². The van der Waals surface area contributed by atoms with Crippen molar-refractivity contribution in [2.45, 2.75) is 57.8 Å². The number of morpholine rings is 1. The second kappa shape index (κ2) is 8.83. The number of nitrogens with zero attached hydrogens (tertiary/aromatic N) is 2. The van der Waals surface area contributed by atoms with Crippen LogP contribution in [-0.4, -0.2) is 65.9 Å². The molecule has 2 saturated heterocycles. The molecule has 5 nitrogen and oxygen atoms in total. The van der Waals surface area contributed by atoms with E-state index in [2.05, 4.69) is 18.7 Å². The number of hydrogen-bond acceptors (Lipinski definition) is 5. The van der Waals surface area contributed by atoms with Crippen LogP contribution in [0.2, 0.25) is 4.34 Å². The summed E-state index contributed by atoms with van der Waals surface area (Å²) in [5.74, 6) is 0.0969. The molecule has 0 spiro atoms. The van der Waals surface area contributed by atoms with Crippen molar-refractivity contribution in [1.29, 1.82) is 0 Å². The number of rotatable bonds is 6. The number of Topliss-reactive ketones (excluding diaryl/α,β-unsaturated/α-hetero) is 1. The molecule has 2 fully saturated rings. The maximum atomic E-state index is 12.7. The van der Waals surface area contributed by atoms with E-state index in [-0.39, 0.29) is 42.8 Å². The first-order chi connectivity index (χ1) is 12.4. The molecular formula is C19H27ClN2O3S. The van der Waals surface area contributed by atoms with Crippen LogP contribution in [0.3, 0.4) is 0 Å². The first-order valence-corrected chi connectivity index (χ1v) is 10.6. The number of likely N-dealkylation sites (tertiary alicyclic amines) is 1. The third-order valence-corrected chi connectivity index (χ3v) is 6.35. The van der Waals surface area contributed by atoms with E-state index in [0.717, 1.165) is 39.0 Å². The van der Waals surface area contributed by atoms with Crippen LogP contribution in [0.1, 0.15) is 49.2 Å². The molecule has 0 saturated carbocycles. The lowest BCUT2D eigenvalue weighted by Gasteiger charge is -2.38. The van der Waals surface area contributed by atoms with Gasteiger partial charge >= 0.3 is 0 Å². The van der Waals surface area contributed by atoms with Crippen molar-refractivity contribution in [3.8, 4) is 0 Å². The summed E-state index contributed by atoms with van der Waals surface area (Å²) in [7, 11) is 0. The van der Waals surface area contributed by atoms with Gasteiger partial charge in [-0.05, 0) is 38.8 Å². The molecule has 0 N–H and O–H groups in total. The summed E-state index contributed by atoms with van der Waals surface area (Å²) < 4.78 is 6.40. The first kappa shape index (κ1) is 19.8. The Morgan fingerprint density at radius 2 is 1.96 bits per heavy atom. The second-order valence-corrected chi connectivity index (χ2v) is 9.10. The molecule has 2 aliphatic rings. The van der Waals surface area contributed by atoms with Crippen LogP contribution in [0.25, 0.3) is 0 Å². The van der Waals surface area contributed by atoms with Gasteiger partial charge in [-0.15, -0.1) is 11.3 Å². The topological polar surface area (TPSA) is 49.9 Å². The predicted octanol–water partition coefficient (Wildman–Crippen LogP) is 3.46. The van der Waals surface area contributed by atoms with Crippen LogP contribution in [0.4, 0.5) is 0 Å². The molecule has 3 rings (SSSR count).